The van der Waals surface area contributed by atoms with Gasteiger partial charge in [-0.3, -0.25) is 0 Å². The van der Waals surface area contributed by atoms with Crippen LogP contribution in [-0.2, 0) is 9.47 Å². The van der Waals surface area contributed by atoms with E-state index in [0.29, 0.717) is 5.92 Å². The minimum atomic E-state index is -0.573. The van der Waals surface area contributed by atoms with Crippen LogP contribution in [0.1, 0.15) is 114 Å². The molecular weight excluding hydrogens is 432 g/mol. The third-order valence-corrected chi connectivity index (χ3v) is 8.70. The van der Waals surface area contributed by atoms with Gasteiger partial charge in [0.2, 0.25) is 0 Å². The molecule has 0 aliphatic heterocycles. The number of methoxy groups -OCH3 is 1. The maximum atomic E-state index is 11.5. The van der Waals surface area contributed by atoms with Gasteiger partial charge in [0.25, 0.3) is 0 Å². The lowest BCUT2D eigenvalue weighted by molar-refractivity contribution is -0.0396. The molecule has 2 aliphatic carbocycles. The summed E-state index contributed by atoms with van der Waals surface area (Å²) in [6.07, 6.45) is 14.4. The Kier molecular flexibility index (Phi) is 8.92. The Morgan fingerprint density at radius 2 is 1.31 bits per heavy atom. The lowest BCUT2D eigenvalue weighted by Gasteiger charge is -2.36. The van der Waals surface area contributed by atoms with Gasteiger partial charge in [0.05, 0.1) is 7.11 Å². The predicted molar refractivity (Wildman–Crippen MR) is 144 cm³/mol. The molecule has 0 atom stereocenters. The molecule has 0 heterocycles. The summed E-state index contributed by atoms with van der Waals surface area (Å²) in [5.41, 5.74) is 5.10. The Labute approximate surface area is 212 Å². The number of hydrogen-bond acceptors (Lipinski definition) is 3. The van der Waals surface area contributed by atoms with Gasteiger partial charge < -0.3 is 9.47 Å². The Morgan fingerprint density at radius 1 is 0.800 bits per heavy atom. The van der Waals surface area contributed by atoms with Crippen molar-refractivity contribution in [3.8, 4) is 11.1 Å². The standard InChI is InChI=1S/C32H44O3/c1-4-5-6-7-24-8-10-25(11-9-24)26-12-14-27(15-13-26)28-16-18-29(19-17-28)30-20-22-32(2,23-21-30)35-31(33)34-3/h12-19,24-25,30H,4-11,20-23H2,1-3H3. The smallest absolute Gasteiger partial charge is 0.438 e. The highest BCUT2D eigenvalue weighted by molar-refractivity contribution is 5.64. The van der Waals surface area contributed by atoms with E-state index in [1.165, 1.54) is 80.7 Å². The van der Waals surface area contributed by atoms with Crippen molar-refractivity contribution in [2.45, 2.75) is 108 Å². The molecule has 0 bridgehead atoms. The molecule has 3 heteroatoms. The Morgan fingerprint density at radius 3 is 1.80 bits per heavy atom. The van der Waals surface area contributed by atoms with Gasteiger partial charge in [-0.05, 0) is 98.3 Å². The Bertz CT molecular complexity index is 914. The van der Waals surface area contributed by atoms with E-state index >= 15 is 0 Å². The zero-order chi connectivity index (χ0) is 24.7. The monoisotopic (exact) mass is 476 g/mol. The average molecular weight is 477 g/mol. The molecule has 0 unspecified atom stereocenters. The number of benzene rings is 2. The third kappa shape index (κ3) is 6.90. The van der Waals surface area contributed by atoms with E-state index in [1.807, 2.05) is 6.92 Å². The minimum absolute atomic E-state index is 0.403. The molecule has 0 radical (unpaired) electrons. The van der Waals surface area contributed by atoms with Crippen LogP contribution in [0.15, 0.2) is 48.5 Å². The fraction of sp³-hybridized carbons (Fsp3) is 0.594. The van der Waals surface area contributed by atoms with Crippen molar-refractivity contribution in [2.24, 2.45) is 5.92 Å². The van der Waals surface area contributed by atoms with Crippen molar-refractivity contribution in [3.63, 3.8) is 0 Å². The normalized spacial score (nSPS) is 26.8. The van der Waals surface area contributed by atoms with Crippen molar-refractivity contribution in [1.82, 2.24) is 0 Å². The summed E-state index contributed by atoms with van der Waals surface area (Å²) in [6.45, 7) is 4.32. The lowest BCUT2D eigenvalue weighted by atomic mass is 9.76. The summed E-state index contributed by atoms with van der Waals surface area (Å²) >= 11 is 0. The minimum Gasteiger partial charge on any atom is -0.438 e. The quantitative estimate of drug-likeness (QED) is 0.281. The summed E-state index contributed by atoms with van der Waals surface area (Å²) in [5, 5.41) is 0. The van der Waals surface area contributed by atoms with E-state index in [-0.39, 0.29) is 0 Å². The number of carbonyl (C=O) groups is 1. The summed E-state index contributed by atoms with van der Waals surface area (Å²) < 4.78 is 10.2. The van der Waals surface area contributed by atoms with E-state index in [4.69, 9.17) is 4.74 Å². The Balaban J connectivity index is 1.29. The van der Waals surface area contributed by atoms with Crippen LogP contribution in [0.5, 0.6) is 0 Å². The molecule has 35 heavy (non-hydrogen) atoms. The fourth-order valence-electron chi connectivity index (χ4n) is 6.27. The molecule has 0 N–H and O–H groups in total. The van der Waals surface area contributed by atoms with Crippen molar-refractivity contribution in [1.29, 1.82) is 0 Å². The van der Waals surface area contributed by atoms with E-state index in [2.05, 4.69) is 60.2 Å². The van der Waals surface area contributed by atoms with Crippen LogP contribution >= 0.6 is 0 Å². The van der Waals surface area contributed by atoms with E-state index < -0.39 is 11.8 Å². The zero-order valence-corrected chi connectivity index (χ0v) is 22.1. The molecular formula is C32H44O3. The van der Waals surface area contributed by atoms with Crippen molar-refractivity contribution < 1.29 is 14.3 Å². The number of hydrogen-bond donors (Lipinski definition) is 0. The number of rotatable bonds is 8. The Hall–Kier alpha value is -2.29. The van der Waals surface area contributed by atoms with E-state index in [1.54, 1.807) is 0 Å². The first-order valence-electron chi connectivity index (χ1n) is 14.0. The van der Waals surface area contributed by atoms with Gasteiger partial charge in [0, 0.05) is 0 Å². The van der Waals surface area contributed by atoms with Gasteiger partial charge in [-0.1, -0.05) is 81.1 Å². The molecule has 0 aromatic heterocycles. The SMILES string of the molecule is CCCCCC1CCC(c2ccc(-c3ccc(C4CCC(C)(OC(=O)OC)CC4)cc3)cc2)CC1. The van der Waals surface area contributed by atoms with Crippen LogP contribution in [0, 0.1) is 5.92 Å². The largest absolute Gasteiger partial charge is 0.508 e. The molecule has 3 nitrogen and oxygen atoms in total. The highest BCUT2D eigenvalue weighted by Crippen LogP contribution is 2.41. The summed E-state index contributed by atoms with van der Waals surface area (Å²) in [5.74, 6) is 2.24. The molecule has 190 valence electrons. The molecule has 4 rings (SSSR count). The maximum absolute atomic E-state index is 11.5. The van der Waals surface area contributed by atoms with Gasteiger partial charge in [-0.15, -0.1) is 0 Å². The zero-order valence-electron chi connectivity index (χ0n) is 22.1. The van der Waals surface area contributed by atoms with Gasteiger partial charge in [0.15, 0.2) is 0 Å². The van der Waals surface area contributed by atoms with Gasteiger partial charge in [-0.2, -0.15) is 0 Å². The average Bonchev–Trinajstić information content (AvgIpc) is 2.90. The summed E-state index contributed by atoms with van der Waals surface area (Å²) in [6, 6.07) is 18.5. The van der Waals surface area contributed by atoms with Crippen molar-refractivity contribution >= 4 is 6.16 Å². The molecule has 2 fully saturated rings. The van der Waals surface area contributed by atoms with E-state index in [9.17, 15) is 4.79 Å². The molecule has 0 spiro atoms. The first-order chi connectivity index (χ1) is 17.0. The molecule has 2 aliphatic rings. The number of carbonyl (C=O) groups excluding carboxylic acids is 1. The lowest BCUT2D eigenvalue weighted by Crippen LogP contribution is -2.35. The van der Waals surface area contributed by atoms with Crippen molar-refractivity contribution in [3.05, 3.63) is 59.7 Å². The second-order valence-corrected chi connectivity index (χ2v) is 11.2. The van der Waals surface area contributed by atoms with Crippen LogP contribution < -0.4 is 0 Å². The molecule has 2 aromatic rings. The van der Waals surface area contributed by atoms with Crippen LogP contribution in [0.3, 0.4) is 0 Å². The predicted octanol–water partition coefficient (Wildman–Crippen LogP) is 9.41. The molecule has 2 saturated carbocycles. The first-order valence-corrected chi connectivity index (χ1v) is 14.0. The highest BCUT2D eigenvalue weighted by atomic mass is 16.7. The maximum Gasteiger partial charge on any atom is 0.508 e. The number of unbranched alkanes of at least 4 members (excludes halogenated alkanes) is 2. The second kappa shape index (κ2) is 12.1. The van der Waals surface area contributed by atoms with Crippen LogP contribution in [0.4, 0.5) is 4.79 Å². The second-order valence-electron chi connectivity index (χ2n) is 11.2. The van der Waals surface area contributed by atoms with Gasteiger partial charge >= 0.3 is 6.16 Å². The molecule has 0 saturated heterocycles. The van der Waals surface area contributed by atoms with E-state index in [0.717, 1.165) is 37.5 Å². The molecule has 0 amide bonds. The third-order valence-electron chi connectivity index (χ3n) is 8.70. The van der Waals surface area contributed by atoms with Crippen molar-refractivity contribution in [2.75, 3.05) is 7.11 Å². The topological polar surface area (TPSA) is 35.5 Å². The summed E-state index contributed by atoms with van der Waals surface area (Å²) in [4.78, 5) is 11.5. The van der Waals surface area contributed by atoms with Crippen LogP contribution in [0.25, 0.3) is 11.1 Å². The fourth-order valence-corrected chi connectivity index (χ4v) is 6.27. The summed E-state index contributed by atoms with van der Waals surface area (Å²) in [7, 11) is 1.37. The highest BCUT2D eigenvalue weighted by Gasteiger charge is 2.35. The number of ether oxygens (including phenoxy) is 2. The van der Waals surface area contributed by atoms with Crippen LogP contribution in [0.2, 0.25) is 0 Å². The van der Waals surface area contributed by atoms with Gasteiger partial charge in [-0.25, -0.2) is 4.79 Å². The van der Waals surface area contributed by atoms with Crippen LogP contribution in [-0.4, -0.2) is 18.9 Å². The van der Waals surface area contributed by atoms with Gasteiger partial charge in [0.1, 0.15) is 5.60 Å². The molecule has 2 aromatic carbocycles. The first kappa shape index (κ1) is 25.8.